The molecule has 1 heterocycles. The molecule has 242 valence electrons. The van der Waals surface area contributed by atoms with E-state index in [1.807, 2.05) is 45.0 Å². The molecule has 10 nitrogen and oxygen atoms in total. The first-order valence-corrected chi connectivity index (χ1v) is 15.6. The van der Waals surface area contributed by atoms with Gasteiger partial charge in [0, 0.05) is 37.5 Å². The highest BCUT2D eigenvalue weighted by atomic mass is 16.6. The monoisotopic (exact) mass is 602 g/mol. The van der Waals surface area contributed by atoms with E-state index in [1.54, 1.807) is 32.6 Å². The zero-order chi connectivity index (χ0) is 32.4. The van der Waals surface area contributed by atoms with Crippen molar-refractivity contribution >= 4 is 29.5 Å². The molecule has 0 saturated carbocycles. The minimum atomic E-state index is -1.04. The number of nitrogens with two attached hydrogens (primary N) is 1. The summed E-state index contributed by atoms with van der Waals surface area (Å²) in [7, 11) is 0. The van der Waals surface area contributed by atoms with Crippen LogP contribution >= 0.6 is 0 Å². The molecule has 43 heavy (non-hydrogen) atoms. The number of hydrogen-bond donors (Lipinski definition) is 4. The van der Waals surface area contributed by atoms with Gasteiger partial charge in [0.15, 0.2) is 0 Å². The van der Waals surface area contributed by atoms with Crippen LogP contribution < -0.4 is 21.3 Å². The fourth-order valence-corrected chi connectivity index (χ4v) is 5.57. The van der Waals surface area contributed by atoms with Crippen LogP contribution in [0, 0.1) is 17.3 Å². The summed E-state index contributed by atoms with van der Waals surface area (Å²) in [5.74, 6) is -0.930. The van der Waals surface area contributed by atoms with Crippen molar-refractivity contribution < 1.29 is 29.0 Å². The van der Waals surface area contributed by atoms with E-state index in [9.17, 15) is 24.3 Å². The van der Waals surface area contributed by atoms with Crippen LogP contribution in [0.15, 0.2) is 24.3 Å². The summed E-state index contributed by atoms with van der Waals surface area (Å²) in [6.45, 7) is 14.0. The zero-order valence-corrected chi connectivity index (χ0v) is 27.2. The molecule has 4 atom stereocenters. The number of benzene rings is 1. The summed E-state index contributed by atoms with van der Waals surface area (Å²) in [5.41, 5.74) is 5.96. The quantitative estimate of drug-likeness (QED) is 0.218. The minimum Gasteiger partial charge on any atom is -0.444 e. The number of primary amides is 1. The van der Waals surface area contributed by atoms with E-state index in [-0.39, 0.29) is 49.3 Å². The molecule has 2 rings (SSSR count). The van der Waals surface area contributed by atoms with Crippen LogP contribution in [0.4, 0.5) is 10.5 Å². The summed E-state index contributed by atoms with van der Waals surface area (Å²) in [5, 5.41) is 17.0. The second kappa shape index (κ2) is 16.1. The number of aliphatic hydroxyl groups excluding tert-OH is 1. The van der Waals surface area contributed by atoms with Gasteiger partial charge in [0.25, 0.3) is 0 Å². The number of alkyl carbamates (subject to hydrolysis) is 1. The maximum Gasteiger partial charge on any atom is 0.407 e. The Kier molecular flexibility index (Phi) is 13.5. The summed E-state index contributed by atoms with van der Waals surface area (Å²) in [6.07, 6.45) is 2.37. The van der Waals surface area contributed by atoms with Crippen molar-refractivity contribution in [2.45, 2.75) is 118 Å². The fraction of sp³-hybridized carbons (Fsp3) is 0.697. The van der Waals surface area contributed by atoms with Crippen molar-refractivity contribution in [3.8, 4) is 0 Å². The lowest BCUT2D eigenvalue weighted by atomic mass is 9.79. The largest absolute Gasteiger partial charge is 0.444 e. The summed E-state index contributed by atoms with van der Waals surface area (Å²) >= 11 is 0. The number of fused-ring (bicyclic) bond motifs is 1. The smallest absolute Gasteiger partial charge is 0.407 e. The Morgan fingerprint density at radius 3 is 2.44 bits per heavy atom. The molecule has 4 amide bonds. The lowest BCUT2D eigenvalue weighted by Gasteiger charge is -2.38. The highest BCUT2D eigenvalue weighted by molar-refractivity contribution is 5.95. The Labute approximate surface area is 257 Å². The van der Waals surface area contributed by atoms with Gasteiger partial charge in [-0.05, 0) is 75.8 Å². The van der Waals surface area contributed by atoms with E-state index in [1.165, 1.54) is 0 Å². The van der Waals surface area contributed by atoms with Gasteiger partial charge in [-0.3, -0.25) is 14.4 Å². The molecule has 0 radical (unpaired) electrons. The number of carbonyl (C=O) groups is 4. The predicted octanol–water partition coefficient (Wildman–Crippen LogP) is 4.46. The Bertz CT molecular complexity index is 1100. The van der Waals surface area contributed by atoms with Crippen molar-refractivity contribution in [3.05, 3.63) is 29.8 Å². The van der Waals surface area contributed by atoms with Crippen LogP contribution in [-0.2, 0) is 25.5 Å². The molecule has 0 bridgehead atoms. The summed E-state index contributed by atoms with van der Waals surface area (Å²) in [4.78, 5) is 52.4. The van der Waals surface area contributed by atoms with Crippen LogP contribution in [0.1, 0.15) is 99.0 Å². The molecule has 1 aromatic rings. The van der Waals surface area contributed by atoms with Crippen molar-refractivity contribution in [3.63, 3.8) is 0 Å². The number of unbranched alkanes of at least 4 members (excludes halogenated alkanes) is 1. The number of ether oxygens (including phenoxy) is 1. The first kappa shape index (κ1) is 36.1. The van der Waals surface area contributed by atoms with Crippen molar-refractivity contribution in [2.24, 2.45) is 23.0 Å². The third-order valence-electron chi connectivity index (χ3n) is 7.77. The van der Waals surface area contributed by atoms with E-state index < -0.39 is 35.2 Å². The van der Waals surface area contributed by atoms with Gasteiger partial charge in [0.2, 0.25) is 17.7 Å². The van der Waals surface area contributed by atoms with Gasteiger partial charge in [-0.25, -0.2) is 4.79 Å². The Morgan fingerprint density at radius 2 is 1.81 bits per heavy atom. The number of amides is 4. The number of nitrogens with one attached hydrogen (secondary N) is 2. The molecule has 0 saturated heterocycles. The third-order valence-corrected chi connectivity index (χ3v) is 7.77. The van der Waals surface area contributed by atoms with Crippen LogP contribution in [0.5, 0.6) is 0 Å². The molecule has 10 heteroatoms. The highest BCUT2D eigenvalue weighted by Crippen LogP contribution is 2.35. The molecule has 0 aromatic heterocycles. The number of carbonyl (C=O) groups excluding carboxylic acids is 4. The molecule has 1 aromatic carbocycles. The van der Waals surface area contributed by atoms with E-state index in [2.05, 4.69) is 10.6 Å². The molecule has 5 N–H and O–H groups in total. The van der Waals surface area contributed by atoms with Gasteiger partial charge >= 0.3 is 6.09 Å². The van der Waals surface area contributed by atoms with E-state index in [0.29, 0.717) is 19.5 Å². The van der Waals surface area contributed by atoms with Crippen LogP contribution in [0.25, 0.3) is 0 Å². The van der Waals surface area contributed by atoms with Gasteiger partial charge in [-0.2, -0.15) is 0 Å². The third kappa shape index (κ3) is 12.6. The fourth-order valence-electron chi connectivity index (χ4n) is 5.57. The van der Waals surface area contributed by atoms with Gasteiger partial charge in [0.05, 0.1) is 12.1 Å². The summed E-state index contributed by atoms with van der Waals surface area (Å²) in [6, 6.07) is 7.05. The van der Waals surface area contributed by atoms with Crippen LogP contribution in [0.2, 0.25) is 0 Å². The SMILES string of the molecule is CCCCNC(=O)[C@H](C)C[C@H](O)[C@H](CC(C)(C)CC(=O)N1CC(CCC(N)=O)Cc2ccccc21)NC(=O)OC(C)(C)C. The highest BCUT2D eigenvalue weighted by Gasteiger charge is 2.36. The lowest BCUT2D eigenvalue weighted by Crippen LogP contribution is -2.49. The molecule has 1 aliphatic rings. The maximum atomic E-state index is 13.8. The Morgan fingerprint density at radius 1 is 1.14 bits per heavy atom. The van der Waals surface area contributed by atoms with Crippen molar-refractivity contribution in [2.75, 3.05) is 18.0 Å². The number of anilines is 1. The first-order valence-electron chi connectivity index (χ1n) is 15.6. The number of hydrogen-bond acceptors (Lipinski definition) is 6. The number of rotatable bonds is 15. The Balaban J connectivity index is 2.19. The summed E-state index contributed by atoms with van der Waals surface area (Å²) < 4.78 is 5.47. The average Bonchev–Trinajstić information content (AvgIpc) is 2.89. The molecule has 1 aliphatic heterocycles. The van der Waals surface area contributed by atoms with Gasteiger partial charge in [0.1, 0.15) is 5.60 Å². The van der Waals surface area contributed by atoms with Gasteiger partial charge < -0.3 is 31.1 Å². The number of nitrogens with zero attached hydrogens (tertiary/aromatic N) is 1. The van der Waals surface area contributed by atoms with Gasteiger partial charge in [-0.15, -0.1) is 0 Å². The second-order valence-corrected chi connectivity index (χ2v) is 13.9. The maximum absolute atomic E-state index is 13.8. The van der Waals surface area contributed by atoms with Crippen molar-refractivity contribution in [1.29, 1.82) is 0 Å². The molecule has 0 fully saturated rings. The topological polar surface area (TPSA) is 151 Å². The van der Waals surface area contributed by atoms with Crippen LogP contribution in [0.3, 0.4) is 0 Å². The normalized spacial score (nSPS) is 17.3. The molecule has 1 unspecified atom stereocenters. The van der Waals surface area contributed by atoms with Crippen molar-refractivity contribution in [1.82, 2.24) is 10.6 Å². The molecule has 0 spiro atoms. The molecular formula is C33H54N4O6. The number of para-hydroxylation sites is 1. The minimum absolute atomic E-state index is 0.0737. The van der Waals surface area contributed by atoms with Gasteiger partial charge in [-0.1, -0.05) is 52.3 Å². The van der Waals surface area contributed by atoms with E-state index in [0.717, 1.165) is 30.5 Å². The second-order valence-electron chi connectivity index (χ2n) is 13.9. The molecular weight excluding hydrogens is 548 g/mol. The lowest BCUT2D eigenvalue weighted by molar-refractivity contribution is -0.125. The number of aliphatic hydroxyl groups is 1. The van der Waals surface area contributed by atoms with E-state index in [4.69, 9.17) is 10.5 Å². The zero-order valence-electron chi connectivity index (χ0n) is 27.2. The van der Waals surface area contributed by atoms with Crippen LogP contribution in [-0.4, -0.2) is 59.8 Å². The predicted molar refractivity (Wildman–Crippen MR) is 168 cm³/mol. The van der Waals surface area contributed by atoms with E-state index >= 15 is 0 Å². The Hall–Kier alpha value is -3.14. The standard InChI is InChI=1S/C33H54N4O6/c1-8-9-16-35-30(41)22(2)17-27(38)25(36-31(42)43-32(3,4)5)19-33(6,7)20-29(40)37-21-23(14-15-28(34)39)18-24-12-10-11-13-26(24)37/h10-13,22-23,25,27,38H,8-9,14-21H2,1-7H3,(H2,34,39)(H,35,41)(H,36,42)/t22-,23?,25+,27+/m1/s1. The molecule has 0 aliphatic carbocycles. The first-order chi connectivity index (χ1) is 20.0. The average molecular weight is 603 g/mol.